The summed E-state index contributed by atoms with van der Waals surface area (Å²) in [6, 6.07) is 5.78. The molecule has 0 atom stereocenters. The largest absolute Gasteiger partial charge is 0.370 e. The van der Waals surface area contributed by atoms with Gasteiger partial charge in [0, 0.05) is 31.4 Å². The van der Waals surface area contributed by atoms with Crippen LogP contribution in [-0.2, 0) is 6.42 Å². The van der Waals surface area contributed by atoms with Gasteiger partial charge in [-0.15, -0.1) is 0 Å². The second-order valence-electron chi connectivity index (χ2n) is 4.55. The summed E-state index contributed by atoms with van der Waals surface area (Å²) in [7, 11) is 0. The molecule has 0 aliphatic rings. The fourth-order valence-electron chi connectivity index (χ4n) is 1.77. The Labute approximate surface area is 126 Å². The van der Waals surface area contributed by atoms with Gasteiger partial charge >= 0.3 is 0 Å². The summed E-state index contributed by atoms with van der Waals surface area (Å²) in [5, 5.41) is 11.3. The summed E-state index contributed by atoms with van der Waals surface area (Å²) in [6.45, 7) is 3.54. The molecule has 0 radical (unpaired) electrons. The third-order valence-electron chi connectivity index (χ3n) is 2.91. The number of nitrogens with zero attached hydrogens (tertiary/aromatic N) is 2. The number of pyridine rings is 1. The number of hydrogen-bond donors (Lipinski definition) is 3. The number of aromatic nitrogens is 1. The van der Waals surface area contributed by atoms with Crippen LogP contribution in [0.3, 0.4) is 0 Å². The maximum atomic E-state index is 7.62. The number of rotatable bonds is 7. The topological polar surface area (TPSA) is 78.0 Å². The van der Waals surface area contributed by atoms with E-state index in [4.69, 9.17) is 23.4 Å². The van der Waals surface area contributed by atoms with E-state index in [1.54, 1.807) is 11.1 Å². The smallest absolute Gasteiger partial charge is 0.194 e. The van der Waals surface area contributed by atoms with Crippen molar-refractivity contribution < 1.29 is 0 Å². The molecule has 0 aromatic carbocycles. The van der Waals surface area contributed by atoms with Crippen molar-refractivity contribution in [3.8, 4) is 0 Å². The van der Waals surface area contributed by atoms with Crippen molar-refractivity contribution in [1.82, 2.24) is 15.2 Å². The molecule has 0 saturated carbocycles. The average molecular weight is 293 g/mol. The van der Waals surface area contributed by atoms with Crippen LogP contribution in [0, 0.1) is 5.41 Å². The van der Waals surface area contributed by atoms with Crippen LogP contribution in [0.4, 0.5) is 0 Å². The van der Waals surface area contributed by atoms with Gasteiger partial charge in [-0.1, -0.05) is 25.8 Å². The third-order valence-corrected chi connectivity index (χ3v) is 3.27. The van der Waals surface area contributed by atoms with E-state index in [9.17, 15) is 0 Å². The first-order valence-electron chi connectivity index (χ1n) is 6.94. The molecule has 1 aromatic rings. The Balaban J connectivity index is 2.43. The van der Waals surface area contributed by atoms with Crippen LogP contribution < -0.4 is 11.1 Å². The minimum absolute atomic E-state index is 0.0334. The number of hydrogen-bond acceptors (Lipinski definition) is 3. The van der Waals surface area contributed by atoms with Crippen molar-refractivity contribution in [3.05, 3.63) is 30.1 Å². The van der Waals surface area contributed by atoms with Gasteiger partial charge < -0.3 is 11.1 Å². The highest BCUT2D eigenvalue weighted by molar-refractivity contribution is 7.80. The van der Waals surface area contributed by atoms with Gasteiger partial charge in [-0.2, -0.15) is 0 Å². The number of thiocarbonyl (C=S) groups is 1. The maximum Gasteiger partial charge on any atom is 0.194 e. The molecule has 0 spiro atoms. The molecule has 110 valence electrons. The molecule has 0 aliphatic heterocycles. The summed E-state index contributed by atoms with van der Waals surface area (Å²) in [6.07, 6.45) is 5.88. The highest BCUT2D eigenvalue weighted by Crippen LogP contribution is 1.99. The van der Waals surface area contributed by atoms with Gasteiger partial charge in [-0.05, 0) is 30.8 Å². The molecule has 0 bridgehead atoms. The number of guanidine groups is 1. The predicted octanol–water partition coefficient (Wildman–Crippen LogP) is 1.88. The molecule has 5 nitrogen and oxygen atoms in total. The lowest BCUT2D eigenvalue weighted by atomic mass is 10.2. The van der Waals surface area contributed by atoms with Gasteiger partial charge in [-0.3, -0.25) is 15.3 Å². The summed E-state index contributed by atoms with van der Waals surface area (Å²) < 4.78 is 0. The van der Waals surface area contributed by atoms with Crippen LogP contribution in [0.2, 0.25) is 0 Å². The van der Waals surface area contributed by atoms with Crippen LogP contribution in [0.5, 0.6) is 0 Å². The Bertz CT molecular complexity index is 421. The molecule has 4 N–H and O–H groups in total. The van der Waals surface area contributed by atoms with Crippen molar-refractivity contribution in [1.29, 1.82) is 5.41 Å². The maximum absolute atomic E-state index is 7.62. The zero-order valence-electron chi connectivity index (χ0n) is 11.9. The number of nitrogens with one attached hydrogen (secondary N) is 2. The molecule has 1 heterocycles. The van der Waals surface area contributed by atoms with Crippen LogP contribution in [-0.4, -0.2) is 34.0 Å². The standard InChI is InChI=1S/C14H23N5S/c1-2-3-5-10-18-14(20)19(13(15)16)11-8-12-7-4-6-9-17-12/h4,6-7,9H,2-3,5,8,10-11H2,1H3,(H3,15,16)(H,18,20). The Morgan fingerprint density at radius 3 is 2.85 bits per heavy atom. The van der Waals surface area contributed by atoms with Crippen LogP contribution in [0.25, 0.3) is 0 Å². The average Bonchev–Trinajstić information content (AvgIpc) is 2.44. The van der Waals surface area contributed by atoms with E-state index in [2.05, 4.69) is 17.2 Å². The first kappa shape index (κ1) is 16.4. The van der Waals surface area contributed by atoms with Crippen LogP contribution >= 0.6 is 12.2 Å². The van der Waals surface area contributed by atoms with Crippen LogP contribution in [0.1, 0.15) is 31.9 Å². The van der Waals surface area contributed by atoms with E-state index in [0.29, 0.717) is 18.1 Å². The summed E-state index contributed by atoms with van der Waals surface area (Å²) in [5.41, 5.74) is 6.56. The van der Waals surface area contributed by atoms with Crippen molar-refractivity contribution in [2.75, 3.05) is 13.1 Å². The Hall–Kier alpha value is -1.69. The SMILES string of the molecule is CCCCCNC(=S)N(CCc1ccccn1)C(=N)N. The minimum Gasteiger partial charge on any atom is -0.370 e. The lowest BCUT2D eigenvalue weighted by molar-refractivity contribution is 0.568. The lowest BCUT2D eigenvalue weighted by Crippen LogP contribution is -2.47. The van der Waals surface area contributed by atoms with Gasteiger partial charge in [0.15, 0.2) is 11.1 Å². The molecule has 0 amide bonds. The third kappa shape index (κ3) is 5.97. The fourth-order valence-corrected chi connectivity index (χ4v) is 2.06. The predicted molar refractivity (Wildman–Crippen MR) is 86.7 cm³/mol. The van der Waals surface area contributed by atoms with E-state index < -0.39 is 0 Å². The normalized spacial score (nSPS) is 10.1. The molecule has 0 saturated heterocycles. The van der Waals surface area contributed by atoms with Crippen molar-refractivity contribution >= 4 is 23.3 Å². The van der Waals surface area contributed by atoms with E-state index in [-0.39, 0.29) is 5.96 Å². The lowest BCUT2D eigenvalue weighted by Gasteiger charge is -2.23. The number of nitrogens with two attached hydrogens (primary N) is 1. The van der Waals surface area contributed by atoms with E-state index in [0.717, 1.165) is 18.7 Å². The van der Waals surface area contributed by atoms with Gasteiger partial charge in [0.1, 0.15) is 0 Å². The van der Waals surface area contributed by atoms with Crippen molar-refractivity contribution in [3.63, 3.8) is 0 Å². The van der Waals surface area contributed by atoms with Gasteiger partial charge in [0.25, 0.3) is 0 Å². The zero-order valence-corrected chi connectivity index (χ0v) is 12.7. The molecule has 0 fully saturated rings. The molecule has 20 heavy (non-hydrogen) atoms. The Morgan fingerprint density at radius 2 is 2.25 bits per heavy atom. The quantitative estimate of drug-likeness (QED) is 0.310. The fraction of sp³-hybridized carbons (Fsp3) is 0.500. The first-order chi connectivity index (χ1) is 9.65. The molecular weight excluding hydrogens is 270 g/mol. The molecule has 1 aromatic heterocycles. The monoisotopic (exact) mass is 293 g/mol. The van der Waals surface area contributed by atoms with Crippen molar-refractivity contribution in [2.45, 2.75) is 32.6 Å². The van der Waals surface area contributed by atoms with Gasteiger partial charge in [0.2, 0.25) is 0 Å². The van der Waals surface area contributed by atoms with Gasteiger partial charge in [0.05, 0.1) is 0 Å². The minimum atomic E-state index is -0.0334. The molecule has 0 aliphatic carbocycles. The number of unbranched alkanes of at least 4 members (excludes halogenated alkanes) is 2. The summed E-state index contributed by atoms with van der Waals surface area (Å²) in [5.74, 6) is -0.0334. The molecule has 1 rings (SSSR count). The Kier molecular flexibility index (Phi) is 7.57. The highest BCUT2D eigenvalue weighted by atomic mass is 32.1. The first-order valence-corrected chi connectivity index (χ1v) is 7.35. The van der Waals surface area contributed by atoms with E-state index in [1.165, 1.54) is 12.8 Å². The molecule has 0 unspecified atom stereocenters. The summed E-state index contributed by atoms with van der Waals surface area (Å²) >= 11 is 5.29. The van der Waals surface area contributed by atoms with Crippen LogP contribution in [0.15, 0.2) is 24.4 Å². The van der Waals surface area contributed by atoms with Crippen molar-refractivity contribution in [2.24, 2.45) is 5.73 Å². The molecular formula is C14H23N5S. The summed E-state index contributed by atoms with van der Waals surface area (Å²) in [4.78, 5) is 5.86. The van der Waals surface area contributed by atoms with E-state index in [1.807, 2.05) is 18.2 Å². The highest BCUT2D eigenvalue weighted by Gasteiger charge is 2.12. The van der Waals surface area contributed by atoms with Gasteiger partial charge in [-0.25, -0.2) is 0 Å². The second kappa shape index (κ2) is 9.25. The molecule has 6 heteroatoms. The zero-order chi connectivity index (χ0) is 14.8. The second-order valence-corrected chi connectivity index (χ2v) is 4.93. The Morgan fingerprint density at radius 1 is 1.45 bits per heavy atom. The van der Waals surface area contributed by atoms with E-state index >= 15 is 0 Å².